The van der Waals surface area contributed by atoms with Crippen molar-refractivity contribution in [3.8, 4) is 0 Å². The van der Waals surface area contributed by atoms with E-state index in [9.17, 15) is 4.39 Å². The minimum absolute atomic E-state index is 0.653. The van der Waals surface area contributed by atoms with Crippen LogP contribution in [0.3, 0.4) is 0 Å². The summed E-state index contributed by atoms with van der Waals surface area (Å²) in [5, 5.41) is 0. The maximum atomic E-state index is 12.2. The maximum absolute atomic E-state index is 12.2. The fraction of sp³-hybridized carbons (Fsp3) is 1.00. The minimum atomic E-state index is -0.653. The van der Waals surface area contributed by atoms with Gasteiger partial charge >= 0.3 is 0 Å². The molecule has 56 valence electrons. The van der Waals surface area contributed by atoms with Gasteiger partial charge in [0.05, 0.1) is 0 Å². The number of hydrogen-bond donors (Lipinski definition) is 0. The van der Waals surface area contributed by atoms with Crippen LogP contribution in [0, 0.1) is 0 Å². The van der Waals surface area contributed by atoms with Crippen molar-refractivity contribution < 1.29 is 4.39 Å². The Morgan fingerprint density at radius 3 is 2.11 bits per heavy atom. The topological polar surface area (TPSA) is 3.24 Å². The maximum Gasteiger partial charge on any atom is 0.153 e. The molecule has 1 nitrogen and oxygen atoms in total. The van der Waals surface area contributed by atoms with E-state index in [1.807, 2.05) is 20.9 Å². The van der Waals surface area contributed by atoms with Crippen LogP contribution in [0.1, 0.15) is 26.7 Å². The van der Waals surface area contributed by atoms with Gasteiger partial charge in [-0.15, -0.1) is 0 Å². The smallest absolute Gasteiger partial charge is 0.153 e. The summed E-state index contributed by atoms with van der Waals surface area (Å²) in [6.45, 7) is 4.93. The first-order chi connectivity index (χ1) is 4.30. The van der Waals surface area contributed by atoms with E-state index in [4.69, 9.17) is 0 Å². The molecule has 0 bridgehead atoms. The molecule has 1 unspecified atom stereocenters. The predicted octanol–water partition coefficient (Wildman–Crippen LogP) is 2.03. The Labute approximate surface area is 56.9 Å². The molecule has 0 saturated carbocycles. The van der Waals surface area contributed by atoms with E-state index >= 15 is 0 Å². The van der Waals surface area contributed by atoms with Gasteiger partial charge in [0.2, 0.25) is 0 Å². The first-order valence-electron chi connectivity index (χ1n) is 3.65. The Morgan fingerprint density at radius 1 is 1.44 bits per heavy atom. The van der Waals surface area contributed by atoms with Crippen molar-refractivity contribution in [1.29, 1.82) is 0 Å². The van der Waals surface area contributed by atoms with Gasteiger partial charge in [-0.3, -0.25) is 4.90 Å². The quantitative estimate of drug-likeness (QED) is 0.457. The molecule has 0 aromatic rings. The van der Waals surface area contributed by atoms with Gasteiger partial charge in [0.25, 0.3) is 0 Å². The summed E-state index contributed by atoms with van der Waals surface area (Å²) in [6.07, 6.45) is 1.11. The van der Waals surface area contributed by atoms with Crippen molar-refractivity contribution in [3.05, 3.63) is 0 Å². The highest BCUT2D eigenvalue weighted by molar-refractivity contribution is 4.65. The molecule has 1 saturated heterocycles. The summed E-state index contributed by atoms with van der Waals surface area (Å²) in [4.78, 5) is 1.74. The Hall–Kier alpha value is -0.110. The molecular formula is C7H16FN. The van der Waals surface area contributed by atoms with Gasteiger partial charge in [-0.25, -0.2) is 4.39 Å². The molecule has 0 spiro atoms. The number of halogens is 1. The van der Waals surface area contributed by atoms with Crippen LogP contribution in [-0.4, -0.2) is 24.8 Å². The van der Waals surface area contributed by atoms with Crippen LogP contribution in [-0.2, 0) is 0 Å². The Kier molecular flexibility index (Phi) is 4.68. The fourth-order valence-corrected chi connectivity index (χ4v) is 0.870. The molecule has 0 radical (unpaired) electrons. The van der Waals surface area contributed by atoms with Gasteiger partial charge in [0.1, 0.15) is 0 Å². The number of hydrogen-bond acceptors (Lipinski definition) is 1. The molecule has 0 aromatic heterocycles. The van der Waals surface area contributed by atoms with Gasteiger partial charge in [-0.05, 0) is 19.9 Å². The normalized spacial score (nSPS) is 27.3. The second-order valence-electron chi connectivity index (χ2n) is 2.06. The molecule has 1 aliphatic heterocycles. The van der Waals surface area contributed by atoms with Crippen molar-refractivity contribution in [2.75, 3.05) is 13.6 Å². The summed E-state index contributed by atoms with van der Waals surface area (Å²) in [5.41, 5.74) is 0. The SMILES string of the molecule is CC.CN1CCCC1F. The van der Waals surface area contributed by atoms with Crippen molar-refractivity contribution in [2.24, 2.45) is 0 Å². The second kappa shape index (κ2) is 4.74. The molecule has 0 aromatic carbocycles. The van der Waals surface area contributed by atoms with E-state index in [1.165, 1.54) is 0 Å². The lowest BCUT2D eigenvalue weighted by atomic mass is 10.4. The van der Waals surface area contributed by atoms with Gasteiger partial charge in [-0.1, -0.05) is 13.8 Å². The van der Waals surface area contributed by atoms with Gasteiger partial charge in [-0.2, -0.15) is 0 Å². The van der Waals surface area contributed by atoms with Gasteiger partial charge in [0.15, 0.2) is 6.30 Å². The Bertz CT molecular complexity index is 57.9. The highest BCUT2D eigenvalue weighted by atomic mass is 19.1. The van der Waals surface area contributed by atoms with Crippen molar-refractivity contribution in [2.45, 2.75) is 33.0 Å². The lowest BCUT2D eigenvalue weighted by Crippen LogP contribution is -2.19. The molecule has 2 heteroatoms. The van der Waals surface area contributed by atoms with Gasteiger partial charge in [0, 0.05) is 6.54 Å². The molecular weight excluding hydrogens is 117 g/mol. The molecule has 9 heavy (non-hydrogen) atoms. The monoisotopic (exact) mass is 133 g/mol. The van der Waals surface area contributed by atoms with Crippen LogP contribution >= 0.6 is 0 Å². The molecule has 1 rings (SSSR count). The molecule has 1 heterocycles. The Morgan fingerprint density at radius 2 is 2.00 bits per heavy atom. The highest BCUT2D eigenvalue weighted by Gasteiger charge is 2.18. The van der Waals surface area contributed by atoms with Crippen molar-refractivity contribution in [1.82, 2.24) is 4.90 Å². The first-order valence-corrected chi connectivity index (χ1v) is 3.65. The third kappa shape index (κ3) is 2.80. The average molecular weight is 133 g/mol. The first kappa shape index (κ1) is 8.89. The summed E-state index contributed by atoms with van der Waals surface area (Å²) in [6, 6.07) is 0. The Balaban J connectivity index is 0.000000291. The van der Waals surface area contributed by atoms with Crippen LogP contribution in [0.4, 0.5) is 4.39 Å². The van der Waals surface area contributed by atoms with E-state index in [0.717, 1.165) is 19.4 Å². The molecule has 0 aliphatic carbocycles. The summed E-state index contributed by atoms with van der Waals surface area (Å²) in [7, 11) is 1.82. The third-order valence-electron chi connectivity index (χ3n) is 1.43. The van der Waals surface area contributed by atoms with E-state index in [1.54, 1.807) is 4.90 Å². The zero-order valence-corrected chi connectivity index (χ0v) is 6.52. The highest BCUT2D eigenvalue weighted by Crippen LogP contribution is 2.14. The number of likely N-dealkylation sites (tertiary alicyclic amines) is 1. The largest absolute Gasteiger partial charge is 0.277 e. The van der Waals surface area contributed by atoms with E-state index in [0.29, 0.717) is 0 Å². The van der Waals surface area contributed by atoms with Crippen molar-refractivity contribution >= 4 is 0 Å². The summed E-state index contributed by atoms with van der Waals surface area (Å²) in [5.74, 6) is 0. The second-order valence-corrected chi connectivity index (χ2v) is 2.06. The molecule has 0 N–H and O–H groups in total. The van der Waals surface area contributed by atoms with Crippen LogP contribution in [0.25, 0.3) is 0 Å². The van der Waals surface area contributed by atoms with Gasteiger partial charge < -0.3 is 0 Å². The van der Waals surface area contributed by atoms with E-state index in [2.05, 4.69) is 0 Å². The predicted molar refractivity (Wildman–Crippen MR) is 38.1 cm³/mol. The lowest BCUT2D eigenvalue weighted by Gasteiger charge is -2.08. The number of rotatable bonds is 0. The number of nitrogens with zero attached hydrogens (tertiary/aromatic N) is 1. The summed E-state index contributed by atoms with van der Waals surface area (Å²) >= 11 is 0. The van der Waals surface area contributed by atoms with Crippen LogP contribution in [0.2, 0.25) is 0 Å². The molecule has 0 amide bonds. The standard InChI is InChI=1S/C5H10FN.C2H6/c1-7-4-2-3-5(7)6;1-2/h5H,2-4H2,1H3;1-2H3. The van der Waals surface area contributed by atoms with E-state index < -0.39 is 6.30 Å². The third-order valence-corrected chi connectivity index (χ3v) is 1.43. The molecule has 1 atom stereocenters. The summed E-state index contributed by atoms with van der Waals surface area (Å²) < 4.78 is 12.2. The number of alkyl halides is 1. The van der Waals surface area contributed by atoms with Crippen LogP contribution < -0.4 is 0 Å². The zero-order chi connectivity index (χ0) is 7.28. The fourth-order valence-electron chi connectivity index (χ4n) is 0.870. The molecule has 1 aliphatic rings. The van der Waals surface area contributed by atoms with Crippen LogP contribution in [0.5, 0.6) is 0 Å². The lowest BCUT2D eigenvalue weighted by molar-refractivity contribution is 0.158. The van der Waals surface area contributed by atoms with E-state index in [-0.39, 0.29) is 0 Å². The van der Waals surface area contributed by atoms with Crippen molar-refractivity contribution in [3.63, 3.8) is 0 Å². The molecule has 1 fully saturated rings. The average Bonchev–Trinajstić information content (AvgIpc) is 2.23. The minimum Gasteiger partial charge on any atom is -0.277 e. The zero-order valence-electron chi connectivity index (χ0n) is 6.52. The van der Waals surface area contributed by atoms with Crippen LogP contribution in [0.15, 0.2) is 0 Å².